The van der Waals surface area contributed by atoms with Gasteiger partial charge in [-0.3, -0.25) is 10.1 Å². The fourth-order valence-electron chi connectivity index (χ4n) is 2.11. The number of nitrogens with one attached hydrogen (secondary N) is 1. The number of hydrogen-bond acceptors (Lipinski definition) is 3. The Morgan fingerprint density at radius 1 is 1.14 bits per heavy atom. The normalized spacial score (nSPS) is 10.5. The van der Waals surface area contributed by atoms with Crippen molar-refractivity contribution in [2.24, 2.45) is 0 Å². The van der Waals surface area contributed by atoms with Gasteiger partial charge >= 0.3 is 0 Å². The molecule has 0 aromatic heterocycles. The SMILES string of the molecule is Cc1cc(C)c([N+](=O)[O-])cc1NCc1c(F)cccc1F. The van der Waals surface area contributed by atoms with Gasteiger partial charge in [0.15, 0.2) is 0 Å². The molecule has 0 unspecified atom stereocenters. The molecule has 0 saturated carbocycles. The molecule has 0 aliphatic rings. The first-order valence-corrected chi connectivity index (χ1v) is 6.32. The standard InChI is InChI=1S/C15H14F2N2O2/c1-9-6-10(2)15(19(20)21)7-14(9)18-8-11-12(16)4-3-5-13(11)17/h3-7,18H,8H2,1-2H3. The molecule has 0 amide bonds. The monoisotopic (exact) mass is 292 g/mol. The second kappa shape index (κ2) is 5.87. The molecule has 0 radical (unpaired) electrons. The minimum absolute atomic E-state index is 0.0305. The molecule has 0 aliphatic heterocycles. The largest absolute Gasteiger partial charge is 0.380 e. The minimum atomic E-state index is -0.651. The van der Waals surface area contributed by atoms with Crippen LogP contribution in [0.15, 0.2) is 30.3 Å². The lowest BCUT2D eigenvalue weighted by atomic mass is 10.1. The second-order valence-corrected chi connectivity index (χ2v) is 4.76. The van der Waals surface area contributed by atoms with Gasteiger partial charge in [-0.1, -0.05) is 6.07 Å². The highest BCUT2D eigenvalue weighted by Crippen LogP contribution is 2.27. The van der Waals surface area contributed by atoms with Crippen LogP contribution in [0, 0.1) is 35.6 Å². The molecular weight excluding hydrogens is 278 g/mol. The van der Waals surface area contributed by atoms with Crippen LogP contribution in [0.1, 0.15) is 16.7 Å². The lowest BCUT2D eigenvalue weighted by molar-refractivity contribution is -0.385. The first-order valence-electron chi connectivity index (χ1n) is 6.32. The molecule has 4 nitrogen and oxygen atoms in total. The summed E-state index contributed by atoms with van der Waals surface area (Å²) in [5.41, 5.74) is 1.67. The van der Waals surface area contributed by atoms with Crippen LogP contribution in [0.4, 0.5) is 20.2 Å². The maximum atomic E-state index is 13.5. The van der Waals surface area contributed by atoms with E-state index in [0.717, 1.165) is 5.56 Å². The second-order valence-electron chi connectivity index (χ2n) is 4.76. The molecule has 6 heteroatoms. The van der Waals surface area contributed by atoms with E-state index >= 15 is 0 Å². The molecule has 2 aromatic rings. The van der Waals surface area contributed by atoms with E-state index in [2.05, 4.69) is 5.32 Å². The van der Waals surface area contributed by atoms with Crippen LogP contribution in [0.2, 0.25) is 0 Å². The Hall–Kier alpha value is -2.50. The third-order valence-electron chi connectivity index (χ3n) is 3.26. The maximum absolute atomic E-state index is 13.5. The van der Waals surface area contributed by atoms with E-state index in [1.165, 1.54) is 24.3 Å². The Bertz CT molecular complexity index is 682. The predicted octanol–water partition coefficient (Wildman–Crippen LogP) is 4.10. The zero-order valence-electron chi connectivity index (χ0n) is 11.6. The number of halogens is 2. The Kier molecular flexibility index (Phi) is 4.16. The van der Waals surface area contributed by atoms with E-state index in [0.29, 0.717) is 11.3 Å². The van der Waals surface area contributed by atoms with Crippen molar-refractivity contribution >= 4 is 11.4 Å². The van der Waals surface area contributed by atoms with E-state index in [-0.39, 0.29) is 17.8 Å². The van der Waals surface area contributed by atoms with Crippen molar-refractivity contribution in [1.29, 1.82) is 0 Å². The fourth-order valence-corrected chi connectivity index (χ4v) is 2.11. The molecule has 0 bridgehead atoms. The molecule has 0 aliphatic carbocycles. The first-order chi connectivity index (χ1) is 9.90. The smallest absolute Gasteiger partial charge is 0.274 e. The van der Waals surface area contributed by atoms with Gasteiger partial charge in [0, 0.05) is 29.4 Å². The third kappa shape index (κ3) is 3.16. The highest BCUT2D eigenvalue weighted by Gasteiger charge is 2.14. The van der Waals surface area contributed by atoms with Crippen molar-refractivity contribution in [3.63, 3.8) is 0 Å². The Labute approximate surface area is 120 Å². The summed E-state index contributed by atoms with van der Waals surface area (Å²) in [6.45, 7) is 3.34. The van der Waals surface area contributed by atoms with Crippen molar-refractivity contribution in [2.45, 2.75) is 20.4 Å². The Morgan fingerprint density at radius 2 is 1.76 bits per heavy atom. The summed E-state index contributed by atoms with van der Waals surface area (Å²) in [5.74, 6) is -1.30. The van der Waals surface area contributed by atoms with Crippen LogP contribution in [-0.4, -0.2) is 4.92 Å². The van der Waals surface area contributed by atoms with Gasteiger partial charge in [-0.25, -0.2) is 8.78 Å². The van der Waals surface area contributed by atoms with Gasteiger partial charge in [-0.05, 0) is 37.6 Å². The number of rotatable bonds is 4. The van der Waals surface area contributed by atoms with Crippen molar-refractivity contribution < 1.29 is 13.7 Å². The lowest BCUT2D eigenvalue weighted by Crippen LogP contribution is -2.06. The predicted molar refractivity (Wildman–Crippen MR) is 76.3 cm³/mol. The van der Waals surface area contributed by atoms with E-state index in [1.807, 2.05) is 0 Å². The van der Waals surface area contributed by atoms with Gasteiger partial charge in [-0.15, -0.1) is 0 Å². The molecule has 110 valence electrons. The Morgan fingerprint density at radius 3 is 2.33 bits per heavy atom. The summed E-state index contributed by atoms with van der Waals surface area (Å²) in [6.07, 6.45) is 0. The lowest BCUT2D eigenvalue weighted by Gasteiger charge is -2.12. The highest BCUT2D eigenvalue weighted by molar-refractivity contribution is 5.60. The molecule has 0 spiro atoms. The van der Waals surface area contributed by atoms with Crippen LogP contribution < -0.4 is 5.32 Å². The zero-order valence-corrected chi connectivity index (χ0v) is 11.6. The summed E-state index contributed by atoms with van der Waals surface area (Å²) in [5, 5.41) is 13.8. The highest BCUT2D eigenvalue weighted by atomic mass is 19.1. The number of nitro benzene ring substituents is 1. The van der Waals surface area contributed by atoms with Crippen molar-refractivity contribution in [3.05, 3.63) is 68.8 Å². The quantitative estimate of drug-likeness (QED) is 0.681. The summed E-state index contributed by atoms with van der Waals surface area (Å²) in [4.78, 5) is 10.4. The van der Waals surface area contributed by atoms with Gasteiger partial charge in [0.05, 0.1) is 4.92 Å². The number of aryl methyl sites for hydroxylation is 2. The molecule has 0 fully saturated rings. The summed E-state index contributed by atoms with van der Waals surface area (Å²) in [7, 11) is 0. The third-order valence-corrected chi connectivity index (χ3v) is 3.26. The van der Waals surface area contributed by atoms with Gasteiger partial charge in [0.1, 0.15) is 11.6 Å². The van der Waals surface area contributed by atoms with E-state index in [9.17, 15) is 18.9 Å². The average Bonchev–Trinajstić information content (AvgIpc) is 2.39. The molecule has 2 rings (SSSR count). The van der Waals surface area contributed by atoms with Gasteiger partial charge in [0.2, 0.25) is 0 Å². The van der Waals surface area contributed by atoms with E-state index in [1.54, 1.807) is 19.9 Å². The van der Waals surface area contributed by atoms with Crippen LogP contribution in [-0.2, 0) is 6.54 Å². The molecule has 21 heavy (non-hydrogen) atoms. The summed E-state index contributed by atoms with van der Waals surface area (Å²) < 4.78 is 27.1. The van der Waals surface area contributed by atoms with E-state index in [4.69, 9.17) is 0 Å². The zero-order chi connectivity index (χ0) is 15.6. The van der Waals surface area contributed by atoms with Crippen LogP contribution in [0.3, 0.4) is 0 Å². The Balaban J connectivity index is 2.28. The molecular formula is C15H14F2N2O2. The van der Waals surface area contributed by atoms with Gasteiger partial charge in [0.25, 0.3) is 5.69 Å². The first kappa shape index (κ1) is 14.9. The molecule has 0 atom stereocenters. The van der Waals surface area contributed by atoms with Crippen LogP contribution >= 0.6 is 0 Å². The number of hydrogen-bond donors (Lipinski definition) is 1. The van der Waals surface area contributed by atoms with Crippen molar-refractivity contribution in [2.75, 3.05) is 5.32 Å². The molecule has 0 saturated heterocycles. The van der Waals surface area contributed by atoms with Gasteiger partial charge < -0.3 is 5.32 Å². The summed E-state index contributed by atoms with van der Waals surface area (Å²) in [6, 6.07) is 6.67. The number of benzene rings is 2. The topological polar surface area (TPSA) is 55.2 Å². The number of nitrogens with zero attached hydrogens (tertiary/aromatic N) is 1. The summed E-state index contributed by atoms with van der Waals surface area (Å²) >= 11 is 0. The average molecular weight is 292 g/mol. The van der Waals surface area contributed by atoms with Crippen LogP contribution in [0.25, 0.3) is 0 Å². The fraction of sp³-hybridized carbons (Fsp3) is 0.200. The van der Waals surface area contributed by atoms with Crippen LogP contribution in [0.5, 0.6) is 0 Å². The van der Waals surface area contributed by atoms with Crippen molar-refractivity contribution in [1.82, 2.24) is 0 Å². The minimum Gasteiger partial charge on any atom is -0.380 e. The van der Waals surface area contributed by atoms with Crippen molar-refractivity contribution in [3.8, 4) is 0 Å². The molecule has 2 aromatic carbocycles. The van der Waals surface area contributed by atoms with Gasteiger partial charge in [-0.2, -0.15) is 0 Å². The number of anilines is 1. The molecule has 1 N–H and O–H groups in total. The van der Waals surface area contributed by atoms with E-state index < -0.39 is 16.6 Å². The maximum Gasteiger partial charge on any atom is 0.274 e. The number of nitro groups is 1. The molecule has 0 heterocycles.